The van der Waals surface area contributed by atoms with E-state index in [2.05, 4.69) is 5.32 Å². The highest BCUT2D eigenvalue weighted by Gasteiger charge is 2.29. The van der Waals surface area contributed by atoms with Gasteiger partial charge in [-0.2, -0.15) is 0 Å². The van der Waals surface area contributed by atoms with E-state index in [9.17, 15) is 15.0 Å². The van der Waals surface area contributed by atoms with Gasteiger partial charge in [0.2, 0.25) is 0 Å². The van der Waals surface area contributed by atoms with Crippen molar-refractivity contribution in [1.82, 2.24) is 5.32 Å². The highest BCUT2D eigenvalue weighted by atomic mass is 16.5. The highest BCUT2D eigenvalue weighted by molar-refractivity contribution is 5.80. The van der Waals surface area contributed by atoms with Crippen LogP contribution >= 0.6 is 0 Å². The molecule has 0 fully saturated rings. The van der Waals surface area contributed by atoms with Crippen molar-refractivity contribution in [2.75, 3.05) is 13.2 Å². The van der Waals surface area contributed by atoms with Crippen molar-refractivity contribution < 1.29 is 19.7 Å². The number of hydrogen-bond donors (Lipinski definition) is 3. The van der Waals surface area contributed by atoms with E-state index in [1.54, 1.807) is 38.1 Å². The third-order valence-electron chi connectivity index (χ3n) is 3.31. The molecule has 5 heteroatoms. The van der Waals surface area contributed by atoms with Gasteiger partial charge in [0.1, 0.15) is 18.5 Å². The largest absolute Gasteiger partial charge is 0.491 e. The van der Waals surface area contributed by atoms with Crippen LogP contribution < -0.4 is 10.1 Å². The second kappa shape index (κ2) is 7.43. The van der Waals surface area contributed by atoms with Crippen LogP contribution in [0, 0.1) is 0 Å². The molecule has 0 saturated heterocycles. The Balaban J connectivity index is 2.54. The topological polar surface area (TPSA) is 78.8 Å². The molecule has 0 saturated carbocycles. The van der Waals surface area contributed by atoms with Crippen molar-refractivity contribution in [2.45, 2.75) is 45.3 Å². The molecule has 0 amide bonds. The van der Waals surface area contributed by atoms with E-state index in [1.807, 2.05) is 13.8 Å². The molecule has 0 heterocycles. The third kappa shape index (κ3) is 5.36. The summed E-state index contributed by atoms with van der Waals surface area (Å²) in [6.07, 6.45) is -0.581. The minimum Gasteiger partial charge on any atom is -0.491 e. The fraction of sp³-hybridized carbons (Fsp3) is 0.562. The first-order valence-corrected chi connectivity index (χ1v) is 7.11. The van der Waals surface area contributed by atoms with Crippen molar-refractivity contribution in [3.63, 3.8) is 0 Å². The van der Waals surface area contributed by atoms with Gasteiger partial charge in [-0.3, -0.25) is 4.79 Å². The van der Waals surface area contributed by atoms with Crippen LogP contribution in [-0.2, 0) is 10.2 Å². The summed E-state index contributed by atoms with van der Waals surface area (Å²) in [7, 11) is 0. The summed E-state index contributed by atoms with van der Waals surface area (Å²) in [6.45, 7) is 8.01. The van der Waals surface area contributed by atoms with Gasteiger partial charge in [0.15, 0.2) is 0 Å². The Morgan fingerprint density at radius 2 is 1.86 bits per heavy atom. The zero-order valence-corrected chi connectivity index (χ0v) is 13.1. The zero-order valence-electron chi connectivity index (χ0n) is 13.1. The third-order valence-corrected chi connectivity index (χ3v) is 3.31. The first-order chi connectivity index (χ1) is 9.73. The van der Waals surface area contributed by atoms with Crippen LogP contribution in [0.3, 0.4) is 0 Å². The summed E-state index contributed by atoms with van der Waals surface area (Å²) >= 11 is 0. The van der Waals surface area contributed by atoms with Crippen LogP contribution in [0.2, 0.25) is 0 Å². The Bertz CT molecular complexity index is 454. The predicted octanol–water partition coefficient (Wildman–Crippen LogP) is 1.79. The van der Waals surface area contributed by atoms with Crippen molar-refractivity contribution in [1.29, 1.82) is 0 Å². The number of carboxylic acid groups (broad SMARTS) is 1. The molecule has 1 unspecified atom stereocenters. The summed E-state index contributed by atoms with van der Waals surface area (Å²) in [4.78, 5) is 11.2. The monoisotopic (exact) mass is 295 g/mol. The van der Waals surface area contributed by atoms with Crippen molar-refractivity contribution in [3.8, 4) is 5.75 Å². The van der Waals surface area contributed by atoms with Crippen LogP contribution in [0.4, 0.5) is 0 Å². The van der Waals surface area contributed by atoms with E-state index in [4.69, 9.17) is 4.74 Å². The second-order valence-corrected chi connectivity index (χ2v) is 5.98. The van der Waals surface area contributed by atoms with E-state index in [1.165, 1.54) is 0 Å². The fourth-order valence-electron chi connectivity index (χ4n) is 1.71. The van der Waals surface area contributed by atoms with Gasteiger partial charge in [-0.1, -0.05) is 26.0 Å². The Kier molecular flexibility index (Phi) is 6.18. The summed E-state index contributed by atoms with van der Waals surface area (Å²) in [5, 5.41) is 22.1. The van der Waals surface area contributed by atoms with E-state index in [0.29, 0.717) is 23.9 Å². The van der Waals surface area contributed by atoms with E-state index in [-0.39, 0.29) is 6.61 Å². The Morgan fingerprint density at radius 1 is 1.29 bits per heavy atom. The number of carbonyl (C=O) groups is 1. The Hall–Kier alpha value is -1.59. The Labute approximate surface area is 125 Å². The molecule has 0 bridgehead atoms. The summed E-state index contributed by atoms with van der Waals surface area (Å²) in [5.41, 5.74) is -0.219. The summed E-state index contributed by atoms with van der Waals surface area (Å²) in [5.74, 6) is -0.255. The highest BCUT2D eigenvalue weighted by Crippen LogP contribution is 2.25. The van der Waals surface area contributed by atoms with E-state index < -0.39 is 17.5 Å². The summed E-state index contributed by atoms with van der Waals surface area (Å²) in [6, 6.07) is 7.24. The predicted molar refractivity (Wildman–Crippen MR) is 81.7 cm³/mol. The number of rotatable bonds is 8. The average molecular weight is 295 g/mol. The fourth-order valence-corrected chi connectivity index (χ4v) is 1.71. The lowest BCUT2D eigenvalue weighted by Gasteiger charge is -2.20. The number of carboxylic acids is 1. The average Bonchev–Trinajstić information content (AvgIpc) is 2.43. The molecule has 1 atom stereocenters. The standard InChI is InChI=1S/C16H25NO4/c1-11(2)17-9-13(18)10-21-14-7-5-12(6-8-14)16(3,4)15(19)20/h5-8,11,13,17-18H,9-10H2,1-4H3,(H,19,20). The minimum absolute atomic E-state index is 0.196. The second-order valence-electron chi connectivity index (χ2n) is 5.98. The molecule has 5 nitrogen and oxygen atoms in total. The van der Waals surface area contributed by atoms with Gasteiger partial charge in [0.25, 0.3) is 0 Å². The van der Waals surface area contributed by atoms with Gasteiger partial charge in [-0.05, 0) is 31.5 Å². The molecule has 0 aliphatic rings. The van der Waals surface area contributed by atoms with Crippen LogP contribution in [0.5, 0.6) is 5.75 Å². The van der Waals surface area contributed by atoms with E-state index >= 15 is 0 Å². The lowest BCUT2D eigenvalue weighted by atomic mass is 9.85. The quantitative estimate of drug-likeness (QED) is 0.681. The number of nitrogens with one attached hydrogen (secondary N) is 1. The lowest BCUT2D eigenvalue weighted by molar-refractivity contribution is -0.142. The number of aliphatic hydroxyl groups excluding tert-OH is 1. The molecule has 21 heavy (non-hydrogen) atoms. The number of ether oxygens (including phenoxy) is 1. The molecule has 0 radical (unpaired) electrons. The number of aliphatic hydroxyl groups is 1. The molecule has 1 aromatic rings. The molecular formula is C16H25NO4. The van der Waals surface area contributed by atoms with Gasteiger partial charge in [0, 0.05) is 12.6 Å². The van der Waals surface area contributed by atoms with Gasteiger partial charge >= 0.3 is 5.97 Å². The SMILES string of the molecule is CC(C)NCC(O)COc1ccc(C(C)(C)C(=O)O)cc1. The molecule has 0 aliphatic heterocycles. The maximum absolute atomic E-state index is 11.2. The molecular weight excluding hydrogens is 270 g/mol. The lowest BCUT2D eigenvalue weighted by Crippen LogP contribution is -2.35. The Morgan fingerprint density at radius 3 is 2.33 bits per heavy atom. The van der Waals surface area contributed by atoms with Crippen LogP contribution in [0.15, 0.2) is 24.3 Å². The van der Waals surface area contributed by atoms with Crippen molar-refractivity contribution in [3.05, 3.63) is 29.8 Å². The maximum atomic E-state index is 11.2. The van der Waals surface area contributed by atoms with Crippen molar-refractivity contribution >= 4 is 5.97 Å². The van der Waals surface area contributed by atoms with Crippen LogP contribution in [0.25, 0.3) is 0 Å². The van der Waals surface area contributed by atoms with Gasteiger partial charge in [0.05, 0.1) is 5.41 Å². The molecule has 0 aliphatic carbocycles. The normalized spacial score (nSPS) is 13.2. The first kappa shape index (κ1) is 17.5. The van der Waals surface area contributed by atoms with Crippen LogP contribution in [0.1, 0.15) is 33.3 Å². The van der Waals surface area contributed by atoms with Gasteiger partial charge in [-0.25, -0.2) is 0 Å². The number of benzene rings is 1. The van der Waals surface area contributed by atoms with Gasteiger partial charge < -0.3 is 20.3 Å². The molecule has 118 valence electrons. The van der Waals surface area contributed by atoms with Crippen LogP contribution in [-0.4, -0.2) is 41.5 Å². The maximum Gasteiger partial charge on any atom is 0.313 e. The molecule has 0 spiro atoms. The summed E-state index contributed by atoms with van der Waals surface area (Å²) < 4.78 is 5.49. The van der Waals surface area contributed by atoms with Crippen molar-refractivity contribution in [2.24, 2.45) is 0 Å². The molecule has 0 aromatic heterocycles. The molecule has 1 aromatic carbocycles. The number of hydrogen-bond acceptors (Lipinski definition) is 4. The minimum atomic E-state index is -0.931. The van der Waals surface area contributed by atoms with Gasteiger partial charge in [-0.15, -0.1) is 0 Å². The smallest absolute Gasteiger partial charge is 0.313 e. The number of aliphatic carboxylic acids is 1. The molecule has 1 rings (SSSR count). The zero-order chi connectivity index (χ0) is 16.0. The first-order valence-electron chi connectivity index (χ1n) is 7.11. The van der Waals surface area contributed by atoms with E-state index in [0.717, 1.165) is 0 Å². The molecule has 3 N–H and O–H groups in total.